The molecule has 0 saturated carbocycles. The molecule has 3 nitrogen and oxygen atoms in total. The van der Waals surface area contributed by atoms with Crippen LogP contribution in [0.5, 0.6) is 0 Å². The minimum atomic E-state index is 0.309. The third kappa shape index (κ3) is 2.68. The van der Waals surface area contributed by atoms with Crippen LogP contribution in [0.15, 0.2) is 36.7 Å². The molecule has 2 rings (SSSR count). The summed E-state index contributed by atoms with van der Waals surface area (Å²) in [6, 6.07) is 8.26. The summed E-state index contributed by atoms with van der Waals surface area (Å²) in [6.45, 7) is 5.17. The first kappa shape index (κ1) is 12.1. The molecule has 0 spiro atoms. The molecule has 0 bridgehead atoms. The van der Waals surface area contributed by atoms with Gasteiger partial charge in [0.2, 0.25) is 0 Å². The minimum Gasteiger partial charge on any atom is -0.310 e. The van der Waals surface area contributed by atoms with Gasteiger partial charge in [-0.1, -0.05) is 24.6 Å². The number of halogens is 1. The fourth-order valence-corrected chi connectivity index (χ4v) is 2.09. The molecule has 1 aromatic heterocycles. The van der Waals surface area contributed by atoms with Crippen LogP contribution in [0.2, 0.25) is 5.02 Å². The number of nitrogens with one attached hydrogen (secondary N) is 1. The molecule has 1 aromatic carbocycles. The summed E-state index contributed by atoms with van der Waals surface area (Å²) in [5.74, 6) is 0. The van der Waals surface area contributed by atoms with Crippen LogP contribution in [0, 0.1) is 0 Å². The molecule has 17 heavy (non-hydrogen) atoms. The second-order valence-corrected chi connectivity index (χ2v) is 4.35. The third-order valence-electron chi connectivity index (χ3n) is 2.73. The molecule has 1 atom stereocenters. The quantitative estimate of drug-likeness (QED) is 0.902. The van der Waals surface area contributed by atoms with Crippen molar-refractivity contribution in [1.29, 1.82) is 0 Å². The Morgan fingerprint density at radius 3 is 2.88 bits per heavy atom. The van der Waals surface area contributed by atoms with Gasteiger partial charge in [0.05, 0.1) is 10.7 Å². The van der Waals surface area contributed by atoms with Crippen LogP contribution in [0.4, 0.5) is 0 Å². The van der Waals surface area contributed by atoms with E-state index in [0.29, 0.717) is 6.04 Å². The first-order valence-electron chi connectivity index (χ1n) is 5.75. The average Bonchev–Trinajstić information content (AvgIpc) is 2.82. The lowest BCUT2D eigenvalue weighted by Crippen LogP contribution is -2.17. The molecule has 2 aromatic rings. The van der Waals surface area contributed by atoms with Gasteiger partial charge in [-0.2, -0.15) is 5.10 Å². The topological polar surface area (TPSA) is 29.9 Å². The highest BCUT2D eigenvalue weighted by Crippen LogP contribution is 2.24. The van der Waals surface area contributed by atoms with E-state index in [4.69, 9.17) is 11.6 Å². The van der Waals surface area contributed by atoms with Crippen molar-refractivity contribution in [2.45, 2.75) is 19.9 Å². The molecule has 0 fully saturated rings. The van der Waals surface area contributed by atoms with E-state index in [9.17, 15) is 0 Å². The van der Waals surface area contributed by atoms with Gasteiger partial charge in [-0.05, 0) is 37.2 Å². The summed E-state index contributed by atoms with van der Waals surface area (Å²) in [4.78, 5) is 0. The van der Waals surface area contributed by atoms with Crippen LogP contribution in [-0.4, -0.2) is 16.3 Å². The van der Waals surface area contributed by atoms with Gasteiger partial charge in [-0.3, -0.25) is 0 Å². The Kier molecular flexibility index (Phi) is 3.82. The Morgan fingerprint density at radius 2 is 2.29 bits per heavy atom. The van der Waals surface area contributed by atoms with Crippen molar-refractivity contribution >= 4 is 11.6 Å². The van der Waals surface area contributed by atoms with Gasteiger partial charge < -0.3 is 5.32 Å². The summed E-state index contributed by atoms with van der Waals surface area (Å²) in [5.41, 5.74) is 2.09. The predicted octanol–water partition coefficient (Wildman–Crippen LogP) is 3.20. The van der Waals surface area contributed by atoms with E-state index in [1.807, 2.05) is 24.4 Å². The minimum absolute atomic E-state index is 0.309. The first-order valence-corrected chi connectivity index (χ1v) is 6.13. The van der Waals surface area contributed by atoms with E-state index in [-0.39, 0.29) is 0 Å². The van der Waals surface area contributed by atoms with Gasteiger partial charge in [0.25, 0.3) is 0 Å². The van der Waals surface area contributed by atoms with Crippen LogP contribution < -0.4 is 5.32 Å². The number of hydrogen-bond donors (Lipinski definition) is 1. The van der Waals surface area contributed by atoms with Gasteiger partial charge in [-0.15, -0.1) is 0 Å². The molecule has 0 radical (unpaired) electrons. The van der Waals surface area contributed by atoms with Gasteiger partial charge in [-0.25, -0.2) is 4.68 Å². The molecule has 1 heterocycles. The SMILES string of the molecule is CCNC(C)c1ccc(-n2cccn2)c(Cl)c1. The summed E-state index contributed by atoms with van der Waals surface area (Å²) >= 11 is 6.28. The fraction of sp³-hybridized carbons (Fsp3) is 0.308. The number of nitrogens with zero attached hydrogens (tertiary/aromatic N) is 2. The Hall–Kier alpha value is -1.32. The molecule has 1 unspecified atom stereocenters. The van der Waals surface area contributed by atoms with E-state index in [1.165, 1.54) is 5.56 Å². The molecule has 0 amide bonds. The monoisotopic (exact) mass is 249 g/mol. The van der Waals surface area contributed by atoms with Crippen LogP contribution in [0.25, 0.3) is 5.69 Å². The van der Waals surface area contributed by atoms with Crippen molar-refractivity contribution in [1.82, 2.24) is 15.1 Å². The second kappa shape index (κ2) is 5.34. The molecule has 0 saturated heterocycles. The van der Waals surface area contributed by atoms with Crippen molar-refractivity contribution in [2.24, 2.45) is 0 Å². The molecule has 4 heteroatoms. The van der Waals surface area contributed by atoms with Gasteiger partial charge in [0, 0.05) is 18.4 Å². The molecule has 90 valence electrons. The molecular formula is C13H16ClN3. The van der Waals surface area contributed by atoms with Crippen molar-refractivity contribution < 1.29 is 0 Å². The average molecular weight is 250 g/mol. The van der Waals surface area contributed by atoms with Crippen molar-refractivity contribution in [2.75, 3.05) is 6.54 Å². The van der Waals surface area contributed by atoms with Gasteiger partial charge >= 0.3 is 0 Å². The van der Waals surface area contributed by atoms with Crippen LogP contribution in [0.1, 0.15) is 25.5 Å². The zero-order valence-corrected chi connectivity index (χ0v) is 10.8. The zero-order valence-electron chi connectivity index (χ0n) is 10.0. The van der Waals surface area contributed by atoms with Crippen LogP contribution in [0.3, 0.4) is 0 Å². The lowest BCUT2D eigenvalue weighted by atomic mass is 10.1. The van der Waals surface area contributed by atoms with Crippen LogP contribution >= 0.6 is 11.6 Å². The summed E-state index contributed by atoms with van der Waals surface area (Å²) in [7, 11) is 0. The van der Waals surface area contributed by atoms with E-state index >= 15 is 0 Å². The maximum absolute atomic E-state index is 6.28. The highest BCUT2D eigenvalue weighted by Gasteiger charge is 2.08. The zero-order chi connectivity index (χ0) is 12.3. The highest BCUT2D eigenvalue weighted by atomic mass is 35.5. The maximum atomic E-state index is 6.28. The van der Waals surface area contributed by atoms with E-state index < -0.39 is 0 Å². The van der Waals surface area contributed by atoms with Gasteiger partial charge in [0.1, 0.15) is 0 Å². The van der Waals surface area contributed by atoms with E-state index in [1.54, 1.807) is 10.9 Å². The third-order valence-corrected chi connectivity index (χ3v) is 3.04. The first-order chi connectivity index (χ1) is 8.22. The largest absolute Gasteiger partial charge is 0.310 e. The molecule has 0 aliphatic carbocycles. The Balaban J connectivity index is 2.29. The summed E-state index contributed by atoms with van der Waals surface area (Å²) in [5, 5.41) is 8.26. The van der Waals surface area contributed by atoms with Crippen LogP contribution in [-0.2, 0) is 0 Å². The molecule has 1 N–H and O–H groups in total. The number of aromatic nitrogens is 2. The summed E-state index contributed by atoms with van der Waals surface area (Å²) in [6.07, 6.45) is 3.63. The van der Waals surface area contributed by atoms with E-state index in [2.05, 4.69) is 30.3 Å². The molecule has 0 aliphatic heterocycles. The predicted molar refractivity (Wildman–Crippen MR) is 70.7 cm³/mol. The van der Waals surface area contributed by atoms with Gasteiger partial charge in [0.15, 0.2) is 0 Å². The second-order valence-electron chi connectivity index (χ2n) is 3.94. The van der Waals surface area contributed by atoms with E-state index in [0.717, 1.165) is 17.3 Å². The standard InChI is InChI=1S/C13H16ClN3/c1-3-15-10(2)11-5-6-13(12(14)9-11)17-8-4-7-16-17/h4-10,15H,3H2,1-2H3. The van der Waals surface area contributed by atoms with Crippen molar-refractivity contribution in [3.8, 4) is 5.69 Å². The Morgan fingerprint density at radius 1 is 1.47 bits per heavy atom. The maximum Gasteiger partial charge on any atom is 0.0831 e. The smallest absolute Gasteiger partial charge is 0.0831 e. The normalized spacial score (nSPS) is 12.6. The van der Waals surface area contributed by atoms with Crippen molar-refractivity contribution in [3.05, 3.63) is 47.2 Å². The molecule has 0 aliphatic rings. The number of benzene rings is 1. The number of rotatable bonds is 4. The van der Waals surface area contributed by atoms with Crippen molar-refractivity contribution in [3.63, 3.8) is 0 Å². The molecular weight excluding hydrogens is 234 g/mol. The fourth-order valence-electron chi connectivity index (χ4n) is 1.81. The Bertz CT molecular complexity index is 479. The Labute approximate surface area is 106 Å². The highest BCUT2D eigenvalue weighted by molar-refractivity contribution is 6.32. The lowest BCUT2D eigenvalue weighted by molar-refractivity contribution is 0.598. The number of hydrogen-bond acceptors (Lipinski definition) is 2. The lowest BCUT2D eigenvalue weighted by Gasteiger charge is -2.14. The summed E-state index contributed by atoms with van der Waals surface area (Å²) < 4.78 is 1.77.